The quantitative estimate of drug-likeness (QED) is 0.526. The molecular weight excluding hydrogens is 374 g/mol. The first-order valence-corrected chi connectivity index (χ1v) is 11.7. The van der Waals surface area contributed by atoms with E-state index in [1.165, 1.54) is 5.56 Å². The monoisotopic (exact) mass is 413 g/mol. The molecule has 2 fully saturated rings. The van der Waals surface area contributed by atoms with E-state index in [4.69, 9.17) is 0 Å². The molecule has 0 saturated carbocycles. The van der Waals surface area contributed by atoms with E-state index < -0.39 is 0 Å². The third-order valence-electron chi connectivity index (χ3n) is 6.62. The maximum absolute atomic E-state index is 12.1. The van der Waals surface area contributed by atoms with Gasteiger partial charge in [0.15, 0.2) is 5.96 Å². The lowest BCUT2D eigenvalue weighted by atomic mass is 10.0. The van der Waals surface area contributed by atoms with Crippen LogP contribution in [0.1, 0.15) is 57.6 Å². The summed E-state index contributed by atoms with van der Waals surface area (Å²) in [7, 11) is 1.87. The lowest BCUT2D eigenvalue weighted by molar-refractivity contribution is -0.129. The zero-order valence-electron chi connectivity index (χ0n) is 19.0. The Balaban J connectivity index is 1.47. The van der Waals surface area contributed by atoms with Crippen LogP contribution in [0.3, 0.4) is 0 Å². The first-order valence-electron chi connectivity index (χ1n) is 11.7. The van der Waals surface area contributed by atoms with Gasteiger partial charge in [0.2, 0.25) is 5.91 Å². The van der Waals surface area contributed by atoms with Gasteiger partial charge in [-0.1, -0.05) is 44.2 Å². The number of nitrogens with zero attached hydrogens (tertiary/aromatic N) is 4. The Morgan fingerprint density at radius 3 is 2.37 bits per heavy atom. The Morgan fingerprint density at radius 1 is 1.07 bits per heavy atom. The van der Waals surface area contributed by atoms with Crippen LogP contribution in [0.25, 0.3) is 0 Å². The van der Waals surface area contributed by atoms with E-state index in [9.17, 15) is 4.79 Å². The number of nitrogens with one attached hydrogen (secondary N) is 1. The van der Waals surface area contributed by atoms with Crippen LogP contribution >= 0.6 is 0 Å². The molecule has 166 valence electrons. The standard InChI is InChI=1S/C24H39N5O/c1-4-21(29-15-9-12-23(29)30)13-14-26-24(25-3)28-18-16-27(17-19-28)22(5-2)20-10-7-6-8-11-20/h6-8,10-11,21-22H,4-5,9,12-19H2,1-3H3,(H,25,26). The third kappa shape index (κ3) is 5.54. The predicted octanol–water partition coefficient (Wildman–Crippen LogP) is 3.12. The molecule has 0 spiro atoms. The molecule has 2 aliphatic heterocycles. The van der Waals surface area contributed by atoms with E-state index in [1.807, 2.05) is 7.05 Å². The number of aliphatic imine (C=N–C) groups is 1. The van der Waals surface area contributed by atoms with Gasteiger partial charge in [0.05, 0.1) is 0 Å². The van der Waals surface area contributed by atoms with Gasteiger partial charge in [-0.05, 0) is 31.2 Å². The minimum atomic E-state index is 0.325. The summed E-state index contributed by atoms with van der Waals surface area (Å²) >= 11 is 0. The molecule has 0 radical (unpaired) electrons. The minimum absolute atomic E-state index is 0.325. The molecule has 2 aliphatic rings. The summed E-state index contributed by atoms with van der Waals surface area (Å²) in [5.41, 5.74) is 1.41. The number of carbonyl (C=O) groups is 1. The van der Waals surface area contributed by atoms with Crippen molar-refractivity contribution < 1.29 is 4.79 Å². The van der Waals surface area contributed by atoms with Crippen molar-refractivity contribution >= 4 is 11.9 Å². The van der Waals surface area contributed by atoms with Crippen molar-refractivity contribution in [1.82, 2.24) is 20.0 Å². The summed E-state index contributed by atoms with van der Waals surface area (Å²) < 4.78 is 0. The number of benzene rings is 1. The zero-order chi connectivity index (χ0) is 21.3. The van der Waals surface area contributed by atoms with Crippen molar-refractivity contribution in [3.05, 3.63) is 35.9 Å². The SMILES string of the molecule is CCC(c1ccccc1)N1CCN(C(=NC)NCCC(CC)N2CCCC2=O)CC1. The van der Waals surface area contributed by atoms with Crippen molar-refractivity contribution in [2.75, 3.05) is 46.3 Å². The highest BCUT2D eigenvalue weighted by atomic mass is 16.2. The van der Waals surface area contributed by atoms with Gasteiger partial charge >= 0.3 is 0 Å². The average molecular weight is 414 g/mol. The maximum atomic E-state index is 12.1. The van der Waals surface area contributed by atoms with E-state index in [0.717, 1.165) is 77.3 Å². The number of guanidine groups is 1. The molecule has 0 aromatic heterocycles. The molecule has 2 atom stereocenters. The Labute approximate surface area is 182 Å². The Bertz CT molecular complexity index is 684. The van der Waals surface area contributed by atoms with Gasteiger partial charge in [0, 0.05) is 64.8 Å². The Hall–Kier alpha value is -2.08. The fourth-order valence-electron chi connectivity index (χ4n) is 4.94. The van der Waals surface area contributed by atoms with Crippen LogP contribution in [0, 0.1) is 0 Å². The van der Waals surface area contributed by atoms with E-state index in [-0.39, 0.29) is 0 Å². The molecule has 2 heterocycles. The molecule has 1 aromatic carbocycles. The van der Waals surface area contributed by atoms with E-state index >= 15 is 0 Å². The van der Waals surface area contributed by atoms with E-state index in [0.29, 0.717) is 18.0 Å². The van der Waals surface area contributed by atoms with Gasteiger partial charge in [-0.15, -0.1) is 0 Å². The number of hydrogen-bond donors (Lipinski definition) is 1. The van der Waals surface area contributed by atoms with E-state index in [1.54, 1.807) is 0 Å². The highest BCUT2D eigenvalue weighted by Crippen LogP contribution is 2.25. The molecule has 2 saturated heterocycles. The second-order valence-electron chi connectivity index (χ2n) is 8.37. The summed E-state index contributed by atoms with van der Waals surface area (Å²) in [6.45, 7) is 10.3. The number of carbonyl (C=O) groups excluding carboxylic acids is 1. The Morgan fingerprint density at radius 2 is 1.80 bits per heavy atom. The molecular formula is C24H39N5O. The van der Waals surface area contributed by atoms with Crippen LogP contribution in [0.5, 0.6) is 0 Å². The molecule has 0 aliphatic carbocycles. The first-order chi connectivity index (χ1) is 14.7. The smallest absolute Gasteiger partial charge is 0.222 e. The molecule has 1 N–H and O–H groups in total. The molecule has 1 amide bonds. The summed E-state index contributed by atoms with van der Waals surface area (Å²) in [5, 5.41) is 3.55. The molecule has 1 aromatic rings. The van der Waals surface area contributed by atoms with Crippen molar-refractivity contribution in [2.24, 2.45) is 4.99 Å². The second kappa shape index (κ2) is 11.3. The van der Waals surface area contributed by atoms with Gasteiger partial charge in [-0.2, -0.15) is 0 Å². The number of rotatable bonds is 8. The average Bonchev–Trinajstić information content (AvgIpc) is 3.21. The fourth-order valence-corrected chi connectivity index (χ4v) is 4.94. The van der Waals surface area contributed by atoms with Crippen LogP contribution in [-0.4, -0.2) is 78.9 Å². The molecule has 30 heavy (non-hydrogen) atoms. The van der Waals surface area contributed by atoms with Crippen LogP contribution in [0.4, 0.5) is 0 Å². The molecule has 6 nitrogen and oxygen atoms in total. The normalized spacial score (nSPS) is 20.5. The third-order valence-corrected chi connectivity index (χ3v) is 6.62. The minimum Gasteiger partial charge on any atom is -0.356 e. The topological polar surface area (TPSA) is 51.2 Å². The number of amides is 1. The van der Waals surface area contributed by atoms with Crippen molar-refractivity contribution in [3.8, 4) is 0 Å². The van der Waals surface area contributed by atoms with Gasteiger partial charge in [0.25, 0.3) is 0 Å². The van der Waals surface area contributed by atoms with Crippen molar-refractivity contribution in [3.63, 3.8) is 0 Å². The highest BCUT2D eigenvalue weighted by Gasteiger charge is 2.27. The van der Waals surface area contributed by atoms with Crippen molar-refractivity contribution in [2.45, 2.75) is 58.0 Å². The van der Waals surface area contributed by atoms with Crippen LogP contribution < -0.4 is 5.32 Å². The number of piperazine rings is 1. The van der Waals surface area contributed by atoms with Gasteiger partial charge in [-0.3, -0.25) is 14.7 Å². The molecule has 3 rings (SSSR count). The number of likely N-dealkylation sites (tertiary alicyclic amines) is 1. The molecule has 6 heteroatoms. The second-order valence-corrected chi connectivity index (χ2v) is 8.37. The predicted molar refractivity (Wildman–Crippen MR) is 124 cm³/mol. The first kappa shape index (κ1) is 22.6. The summed E-state index contributed by atoms with van der Waals surface area (Å²) in [6.07, 6.45) is 4.86. The number of hydrogen-bond acceptors (Lipinski definition) is 3. The highest BCUT2D eigenvalue weighted by molar-refractivity contribution is 5.80. The van der Waals surface area contributed by atoms with Gasteiger partial charge in [-0.25, -0.2) is 0 Å². The summed E-state index contributed by atoms with van der Waals surface area (Å²) in [6, 6.07) is 11.7. The van der Waals surface area contributed by atoms with Gasteiger partial charge in [0.1, 0.15) is 0 Å². The zero-order valence-corrected chi connectivity index (χ0v) is 19.0. The van der Waals surface area contributed by atoms with Crippen LogP contribution in [0.2, 0.25) is 0 Å². The van der Waals surface area contributed by atoms with E-state index in [2.05, 4.69) is 69.2 Å². The fraction of sp³-hybridized carbons (Fsp3) is 0.667. The summed E-state index contributed by atoms with van der Waals surface area (Å²) in [4.78, 5) is 23.6. The molecule has 0 bridgehead atoms. The lowest BCUT2D eigenvalue weighted by Gasteiger charge is -2.40. The van der Waals surface area contributed by atoms with Crippen LogP contribution in [0.15, 0.2) is 35.3 Å². The maximum Gasteiger partial charge on any atom is 0.222 e. The van der Waals surface area contributed by atoms with Crippen molar-refractivity contribution in [1.29, 1.82) is 0 Å². The largest absolute Gasteiger partial charge is 0.356 e. The molecule has 2 unspecified atom stereocenters. The lowest BCUT2D eigenvalue weighted by Crippen LogP contribution is -2.53. The Kier molecular flexibility index (Phi) is 8.55. The van der Waals surface area contributed by atoms with Crippen LogP contribution in [-0.2, 0) is 4.79 Å². The van der Waals surface area contributed by atoms with Gasteiger partial charge < -0.3 is 15.1 Å². The summed E-state index contributed by atoms with van der Waals surface area (Å²) in [5.74, 6) is 1.32.